The molecule has 10 heteroatoms. The summed E-state index contributed by atoms with van der Waals surface area (Å²) in [6.45, 7) is 10.9. The zero-order valence-corrected chi connectivity index (χ0v) is 19.9. The second kappa shape index (κ2) is 11.3. The molecule has 6 nitrogen and oxygen atoms in total. The van der Waals surface area contributed by atoms with Gasteiger partial charge in [0.25, 0.3) is 5.92 Å². The third kappa shape index (κ3) is 7.15. The molecular weight excluding hydrogens is 469 g/mol. The molecule has 1 saturated heterocycles. The number of benzene rings is 1. The number of nitrogens with two attached hydrogens (primary N) is 1. The lowest BCUT2D eigenvalue weighted by atomic mass is 10.0. The first kappa shape index (κ1) is 27.0. The van der Waals surface area contributed by atoms with Crippen molar-refractivity contribution in [2.45, 2.75) is 39.2 Å². The van der Waals surface area contributed by atoms with Crippen LogP contribution in [0.15, 0.2) is 59.5 Å². The number of piperidine rings is 1. The number of rotatable bonds is 8. The molecule has 0 aromatic heterocycles. The van der Waals surface area contributed by atoms with E-state index in [1.54, 1.807) is 24.0 Å². The minimum Gasteiger partial charge on any atom is -0.478 e. The molecule has 0 aliphatic carbocycles. The number of amidine groups is 1. The summed E-state index contributed by atoms with van der Waals surface area (Å²) >= 11 is 6.25. The topological polar surface area (TPSA) is 91.0 Å². The Kier molecular flexibility index (Phi) is 8.98. The Bertz CT molecular complexity index is 1070. The molecular formula is C24H28ClF3N4O2. The predicted octanol–water partition coefficient (Wildman–Crippen LogP) is 5.54. The fraction of sp³-hybridized carbons (Fsp3) is 0.333. The Morgan fingerprint density at radius 2 is 1.97 bits per heavy atom. The molecule has 0 bridgehead atoms. The van der Waals surface area contributed by atoms with Crippen LogP contribution < -0.4 is 11.1 Å². The molecule has 0 atom stereocenters. The van der Waals surface area contributed by atoms with Crippen molar-refractivity contribution in [3.63, 3.8) is 0 Å². The van der Waals surface area contributed by atoms with Gasteiger partial charge in [-0.15, -0.1) is 0 Å². The van der Waals surface area contributed by atoms with Crippen LogP contribution >= 0.6 is 11.6 Å². The number of nitrogens with zero attached hydrogens (tertiary/aromatic N) is 2. The van der Waals surface area contributed by atoms with Gasteiger partial charge < -0.3 is 21.1 Å². The maximum Gasteiger partial charge on any atom is 0.337 e. The summed E-state index contributed by atoms with van der Waals surface area (Å²) in [7, 11) is 0. The average Bonchev–Trinajstić information content (AvgIpc) is 2.76. The van der Waals surface area contributed by atoms with Crippen molar-refractivity contribution in [2.75, 3.05) is 13.1 Å². The van der Waals surface area contributed by atoms with Crippen LogP contribution in [-0.4, -0.2) is 40.8 Å². The van der Waals surface area contributed by atoms with E-state index in [0.29, 0.717) is 27.7 Å². The number of aliphatic imine (C=N–C) groups is 1. The molecule has 1 heterocycles. The molecule has 0 unspecified atom stereocenters. The highest BCUT2D eigenvalue weighted by Crippen LogP contribution is 2.33. The van der Waals surface area contributed by atoms with Gasteiger partial charge in [0.05, 0.1) is 11.3 Å². The molecule has 0 radical (unpaired) electrons. The van der Waals surface area contributed by atoms with Crippen LogP contribution in [-0.2, 0) is 11.3 Å². The molecule has 0 saturated carbocycles. The first-order valence-corrected chi connectivity index (χ1v) is 10.9. The number of hydrogen-bond acceptors (Lipinski definition) is 4. The van der Waals surface area contributed by atoms with Crippen LogP contribution in [0.2, 0.25) is 5.02 Å². The van der Waals surface area contributed by atoms with Crippen LogP contribution in [0.4, 0.5) is 18.9 Å². The molecule has 0 amide bonds. The molecule has 1 aromatic carbocycles. The minimum absolute atomic E-state index is 0.0255. The smallest absolute Gasteiger partial charge is 0.337 e. The Labute approximate surface area is 202 Å². The standard InChI is InChI=1S/C24H28ClF3N4O2/c1-5-19(26)12-21(23(33)34)15(3)30-13-17-10-18(25)11-20(14(2)29)22(17)31-16(4)32-8-6-24(27,28)7-9-32/h5,10-12,30H,2-3,6-9,13,29H2,1,4H3,(H,33,34)/b19-5+,21-12+,31-16?. The second-order valence-electron chi connectivity index (χ2n) is 7.86. The van der Waals surface area contributed by atoms with Crippen LogP contribution in [0.25, 0.3) is 5.70 Å². The van der Waals surface area contributed by atoms with E-state index in [0.717, 1.165) is 12.2 Å². The third-order valence-electron chi connectivity index (χ3n) is 5.33. The van der Waals surface area contributed by atoms with Crippen molar-refractivity contribution in [3.05, 3.63) is 70.7 Å². The lowest BCUT2D eigenvalue weighted by Crippen LogP contribution is -2.41. The third-order valence-corrected chi connectivity index (χ3v) is 5.55. The number of hydrogen-bond donors (Lipinski definition) is 3. The van der Waals surface area contributed by atoms with Crippen LogP contribution in [0, 0.1) is 0 Å². The summed E-state index contributed by atoms with van der Waals surface area (Å²) in [4.78, 5) is 17.9. The summed E-state index contributed by atoms with van der Waals surface area (Å²) in [5.74, 6) is -4.25. The summed E-state index contributed by atoms with van der Waals surface area (Å²) in [5, 5.41) is 12.6. The fourth-order valence-corrected chi connectivity index (χ4v) is 3.59. The van der Waals surface area contributed by atoms with E-state index >= 15 is 0 Å². The second-order valence-corrected chi connectivity index (χ2v) is 8.29. The number of likely N-dealkylation sites (tertiary alicyclic amines) is 1. The van der Waals surface area contributed by atoms with E-state index < -0.39 is 17.7 Å². The Morgan fingerprint density at radius 1 is 1.35 bits per heavy atom. The number of allylic oxidation sites excluding steroid dienone is 3. The summed E-state index contributed by atoms with van der Waals surface area (Å²) in [6, 6.07) is 3.20. The van der Waals surface area contributed by atoms with Gasteiger partial charge in [0.15, 0.2) is 0 Å². The average molecular weight is 497 g/mol. The zero-order chi connectivity index (χ0) is 25.6. The Balaban J connectivity index is 2.39. The van der Waals surface area contributed by atoms with Crippen molar-refractivity contribution >= 4 is 34.8 Å². The lowest BCUT2D eigenvalue weighted by Gasteiger charge is -2.33. The van der Waals surface area contributed by atoms with E-state index in [2.05, 4.69) is 23.5 Å². The molecule has 1 aliphatic rings. The van der Waals surface area contributed by atoms with Gasteiger partial charge in [-0.25, -0.2) is 23.0 Å². The number of alkyl halides is 2. The van der Waals surface area contributed by atoms with Gasteiger partial charge in [-0.05, 0) is 37.6 Å². The highest BCUT2D eigenvalue weighted by atomic mass is 35.5. The van der Waals surface area contributed by atoms with Crippen LogP contribution in [0.5, 0.6) is 0 Å². The molecule has 1 aliphatic heterocycles. The number of carboxylic acids is 1. The zero-order valence-electron chi connectivity index (χ0n) is 19.1. The highest BCUT2D eigenvalue weighted by Gasteiger charge is 2.34. The number of nitrogens with one attached hydrogen (secondary N) is 1. The van der Waals surface area contributed by atoms with Crippen molar-refractivity contribution < 1.29 is 23.1 Å². The van der Waals surface area contributed by atoms with Gasteiger partial charge in [0.1, 0.15) is 11.7 Å². The molecule has 0 spiro atoms. The van der Waals surface area contributed by atoms with E-state index in [1.807, 2.05) is 0 Å². The van der Waals surface area contributed by atoms with E-state index in [9.17, 15) is 23.1 Å². The first-order valence-electron chi connectivity index (χ1n) is 10.5. The van der Waals surface area contributed by atoms with Crippen LogP contribution in [0.1, 0.15) is 37.8 Å². The van der Waals surface area contributed by atoms with Crippen LogP contribution in [0.3, 0.4) is 0 Å². The monoisotopic (exact) mass is 496 g/mol. The largest absolute Gasteiger partial charge is 0.478 e. The summed E-state index contributed by atoms with van der Waals surface area (Å²) < 4.78 is 40.7. The predicted molar refractivity (Wildman–Crippen MR) is 130 cm³/mol. The van der Waals surface area contributed by atoms with E-state index in [4.69, 9.17) is 17.3 Å². The first-order chi connectivity index (χ1) is 15.8. The Hall–Kier alpha value is -3.20. The molecule has 4 N–H and O–H groups in total. The van der Waals surface area contributed by atoms with Gasteiger partial charge in [-0.3, -0.25) is 0 Å². The molecule has 2 rings (SSSR count). The lowest BCUT2D eigenvalue weighted by molar-refractivity contribution is -0.132. The number of carboxylic acid groups (broad SMARTS) is 1. The number of halogens is 4. The molecule has 1 fully saturated rings. The molecule has 1 aromatic rings. The van der Waals surface area contributed by atoms with Crippen molar-refractivity contribution in [3.8, 4) is 0 Å². The summed E-state index contributed by atoms with van der Waals surface area (Å²) in [5.41, 5.74) is 7.16. The highest BCUT2D eigenvalue weighted by molar-refractivity contribution is 6.31. The summed E-state index contributed by atoms with van der Waals surface area (Å²) in [6.07, 6.45) is 1.45. The quantitative estimate of drug-likeness (QED) is 0.190. The Morgan fingerprint density at radius 3 is 2.50 bits per heavy atom. The van der Waals surface area contributed by atoms with E-state index in [1.165, 1.54) is 6.92 Å². The van der Waals surface area contributed by atoms with Gasteiger partial charge in [0.2, 0.25) is 0 Å². The number of carbonyl (C=O) groups is 1. The fourth-order valence-electron chi connectivity index (χ4n) is 3.35. The normalized spacial score (nSPS) is 16.9. The van der Waals surface area contributed by atoms with Gasteiger partial charge in [-0.1, -0.05) is 30.8 Å². The maximum absolute atomic E-state index is 13.6. The molecule has 184 valence electrons. The minimum atomic E-state index is -2.69. The number of aliphatic carboxylic acids is 1. The van der Waals surface area contributed by atoms with E-state index in [-0.39, 0.29) is 49.4 Å². The van der Waals surface area contributed by atoms with Gasteiger partial charge in [-0.2, -0.15) is 0 Å². The SMILES string of the molecule is C=C(NCc1cc(Cl)cc(C(=C)N)c1N=C(C)N1CCC(F)(F)CC1)/C(=C\C(F)=C/C)C(=O)O. The molecule has 34 heavy (non-hydrogen) atoms. The van der Waals surface area contributed by atoms with Crippen molar-refractivity contribution in [2.24, 2.45) is 10.7 Å². The van der Waals surface area contributed by atoms with Gasteiger partial charge in [0, 0.05) is 54.5 Å². The van der Waals surface area contributed by atoms with Crippen molar-refractivity contribution in [1.29, 1.82) is 0 Å². The van der Waals surface area contributed by atoms with Crippen molar-refractivity contribution in [1.82, 2.24) is 10.2 Å². The van der Waals surface area contributed by atoms with Gasteiger partial charge >= 0.3 is 5.97 Å². The maximum atomic E-state index is 13.6.